The molecule has 92 valence electrons. The molecule has 7 heteroatoms. The van der Waals surface area contributed by atoms with Gasteiger partial charge in [-0.3, -0.25) is 0 Å². The van der Waals surface area contributed by atoms with Crippen LogP contribution in [0.25, 0.3) is 0 Å². The molecule has 3 unspecified atom stereocenters. The van der Waals surface area contributed by atoms with Crippen LogP contribution in [0.4, 0.5) is 0 Å². The van der Waals surface area contributed by atoms with Crippen LogP contribution in [-0.4, -0.2) is 63.7 Å². The minimum atomic E-state index is -1.75. The molecule has 4 N–H and O–H groups in total. The van der Waals surface area contributed by atoms with E-state index < -0.39 is 36.7 Å². The maximum absolute atomic E-state index is 11.3. The second-order valence-electron chi connectivity index (χ2n) is 3.34. The molecule has 1 fully saturated rings. The van der Waals surface area contributed by atoms with Crippen molar-refractivity contribution in [1.82, 2.24) is 0 Å². The summed E-state index contributed by atoms with van der Waals surface area (Å²) in [5, 5.41) is 37.0. The first-order valence-electron chi connectivity index (χ1n) is 4.64. The van der Waals surface area contributed by atoms with E-state index in [1.54, 1.807) is 0 Å². The first-order chi connectivity index (χ1) is 7.49. The maximum Gasteiger partial charge on any atom is 0.338 e. The summed E-state index contributed by atoms with van der Waals surface area (Å²) in [5.74, 6) is -0.947. The predicted molar refractivity (Wildman–Crippen MR) is 50.1 cm³/mol. The Kier molecular flexibility index (Phi) is 4.39. The van der Waals surface area contributed by atoms with Crippen molar-refractivity contribution in [3.8, 4) is 0 Å². The topological polar surface area (TPSA) is 116 Å². The summed E-state index contributed by atoms with van der Waals surface area (Å²) < 4.78 is 9.21. The SMILES string of the molecule is C=CCOC(=O)C1OC(O)C(O)[C@@H](O)[C@H]1O. The van der Waals surface area contributed by atoms with Crippen LogP contribution < -0.4 is 0 Å². The Bertz CT molecular complexity index is 267. The molecule has 5 atom stereocenters. The lowest BCUT2D eigenvalue weighted by Crippen LogP contribution is -2.59. The van der Waals surface area contributed by atoms with Crippen LogP contribution in [0.5, 0.6) is 0 Å². The monoisotopic (exact) mass is 234 g/mol. The van der Waals surface area contributed by atoms with E-state index in [2.05, 4.69) is 16.1 Å². The molecule has 0 saturated carbocycles. The number of hydrogen-bond acceptors (Lipinski definition) is 7. The van der Waals surface area contributed by atoms with E-state index in [1.807, 2.05) is 0 Å². The first-order valence-corrected chi connectivity index (χ1v) is 4.64. The van der Waals surface area contributed by atoms with E-state index in [-0.39, 0.29) is 6.61 Å². The molecule has 0 aromatic rings. The fourth-order valence-corrected chi connectivity index (χ4v) is 1.28. The van der Waals surface area contributed by atoms with Gasteiger partial charge in [-0.2, -0.15) is 0 Å². The highest BCUT2D eigenvalue weighted by atomic mass is 16.7. The van der Waals surface area contributed by atoms with Gasteiger partial charge in [0.2, 0.25) is 0 Å². The van der Waals surface area contributed by atoms with E-state index >= 15 is 0 Å². The van der Waals surface area contributed by atoms with Crippen molar-refractivity contribution < 1.29 is 34.7 Å². The highest BCUT2D eigenvalue weighted by Gasteiger charge is 2.46. The Morgan fingerprint density at radius 1 is 1.25 bits per heavy atom. The van der Waals surface area contributed by atoms with Crippen molar-refractivity contribution in [2.24, 2.45) is 0 Å². The Labute approximate surface area is 91.5 Å². The number of ether oxygens (including phenoxy) is 2. The Balaban J connectivity index is 2.66. The number of carbonyl (C=O) groups excluding carboxylic acids is 1. The second kappa shape index (κ2) is 5.37. The summed E-state index contributed by atoms with van der Waals surface area (Å²) in [6.45, 7) is 3.24. The molecule has 1 heterocycles. The molecule has 0 aliphatic carbocycles. The van der Waals surface area contributed by atoms with Crippen molar-refractivity contribution >= 4 is 5.97 Å². The zero-order valence-electron chi connectivity index (χ0n) is 8.39. The molecular weight excluding hydrogens is 220 g/mol. The fraction of sp³-hybridized carbons (Fsp3) is 0.667. The van der Waals surface area contributed by atoms with Crippen LogP contribution in [0.15, 0.2) is 12.7 Å². The van der Waals surface area contributed by atoms with E-state index in [4.69, 9.17) is 10.2 Å². The molecular formula is C9H14O7. The molecule has 0 spiro atoms. The number of aliphatic hydroxyl groups is 4. The molecule has 1 saturated heterocycles. The number of aliphatic hydroxyl groups excluding tert-OH is 4. The summed E-state index contributed by atoms with van der Waals surface area (Å²) in [5.41, 5.74) is 0. The normalized spacial score (nSPS) is 39.1. The molecule has 0 aromatic carbocycles. The summed E-state index contributed by atoms with van der Waals surface area (Å²) in [7, 11) is 0. The average molecular weight is 234 g/mol. The molecule has 0 bridgehead atoms. The zero-order valence-corrected chi connectivity index (χ0v) is 8.39. The van der Waals surface area contributed by atoms with Gasteiger partial charge in [0.15, 0.2) is 12.4 Å². The van der Waals surface area contributed by atoms with Gasteiger partial charge in [-0.25, -0.2) is 4.79 Å². The molecule has 0 aromatic heterocycles. The molecule has 0 radical (unpaired) electrons. The second-order valence-corrected chi connectivity index (χ2v) is 3.34. The Morgan fingerprint density at radius 2 is 1.88 bits per heavy atom. The molecule has 0 amide bonds. The highest BCUT2D eigenvalue weighted by molar-refractivity contribution is 5.75. The van der Waals surface area contributed by atoms with Gasteiger partial charge in [-0.15, -0.1) is 0 Å². The molecule has 1 aliphatic rings. The standard InChI is InChI=1S/C9H14O7/c1-2-3-15-9(14)7-5(11)4(10)6(12)8(13)16-7/h2,4-8,10-13H,1,3H2/t4-,5+,6?,7?,8?/m0/s1. The summed E-state index contributed by atoms with van der Waals surface area (Å²) >= 11 is 0. The van der Waals surface area contributed by atoms with Crippen LogP contribution in [0, 0.1) is 0 Å². The number of rotatable bonds is 3. The lowest BCUT2D eigenvalue weighted by atomic mass is 9.99. The summed E-state index contributed by atoms with van der Waals surface area (Å²) in [4.78, 5) is 11.3. The van der Waals surface area contributed by atoms with Crippen molar-refractivity contribution in [3.05, 3.63) is 12.7 Å². The van der Waals surface area contributed by atoms with Gasteiger partial charge in [0.05, 0.1) is 0 Å². The van der Waals surface area contributed by atoms with E-state index in [0.717, 1.165) is 0 Å². The molecule has 1 rings (SSSR count). The van der Waals surface area contributed by atoms with Crippen molar-refractivity contribution in [2.75, 3.05) is 6.61 Å². The summed E-state index contributed by atoms with van der Waals surface area (Å²) in [6, 6.07) is 0. The largest absolute Gasteiger partial charge is 0.459 e. The smallest absolute Gasteiger partial charge is 0.338 e. The van der Waals surface area contributed by atoms with Gasteiger partial charge in [-0.1, -0.05) is 12.7 Å². The Hall–Kier alpha value is -0.990. The van der Waals surface area contributed by atoms with Crippen LogP contribution in [0.2, 0.25) is 0 Å². The number of hydrogen-bond donors (Lipinski definition) is 4. The molecule has 16 heavy (non-hydrogen) atoms. The van der Waals surface area contributed by atoms with E-state index in [9.17, 15) is 15.0 Å². The lowest BCUT2D eigenvalue weighted by molar-refractivity contribution is -0.280. The predicted octanol–water partition coefficient (Wildman–Crippen LogP) is -2.48. The van der Waals surface area contributed by atoms with Gasteiger partial charge in [0, 0.05) is 0 Å². The van der Waals surface area contributed by atoms with Crippen LogP contribution in [0.3, 0.4) is 0 Å². The van der Waals surface area contributed by atoms with Gasteiger partial charge >= 0.3 is 5.97 Å². The van der Waals surface area contributed by atoms with Crippen LogP contribution in [-0.2, 0) is 14.3 Å². The van der Waals surface area contributed by atoms with Gasteiger partial charge < -0.3 is 29.9 Å². The Morgan fingerprint density at radius 3 is 2.44 bits per heavy atom. The van der Waals surface area contributed by atoms with E-state index in [0.29, 0.717) is 0 Å². The molecule has 1 aliphatic heterocycles. The van der Waals surface area contributed by atoms with Crippen molar-refractivity contribution in [1.29, 1.82) is 0 Å². The number of esters is 1. The van der Waals surface area contributed by atoms with Crippen LogP contribution >= 0.6 is 0 Å². The van der Waals surface area contributed by atoms with Gasteiger partial charge in [0.1, 0.15) is 24.9 Å². The van der Waals surface area contributed by atoms with E-state index in [1.165, 1.54) is 6.08 Å². The van der Waals surface area contributed by atoms with Crippen molar-refractivity contribution in [3.63, 3.8) is 0 Å². The first kappa shape index (κ1) is 13.1. The highest BCUT2D eigenvalue weighted by Crippen LogP contribution is 2.20. The number of carbonyl (C=O) groups is 1. The van der Waals surface area contributed by atoms with Gasteiger partial charge in [0.25, 0.3) is 0 Å². The minimum absolute atomic E-state index is 0.0832. The molecule has 7 nitrogen and oxygen atoms in total. The fourth-order valence-electron chi connectivity index (χ4n) is 1.28. The average Bonchev–Trinajstić information content (AvgIpc) is 2.28. The zero-order chi connectivity index (χ0) is 12.3. The summed E-state index contributed by atoms with van der Waals surface area (Å²) in [6.07, 6.45) is -6.97. The van der Waals surface area contributed by atoms with Crippen LogP contribution in [0.1, 0.15) is 0 Å². The minimum Gasteiger partial charge on any atom is -0.459 e. The van der Waals surface area contributed by atoms with Gasteiger partial charge in [-0.05, 0) is 0 Å². The van der Waals surface area contributed by atoms with Crippen molar-refractivity contribution in [2.45, 2.75) is 30.7 Å². The third-order valence-corrected chi connectivity index (χ3v) is 2.16. The third kappa shape index (κ3) is 2.57. The maximum atomic E-state index is 11.3. The quantitative estimate of drug-likeness (QED) is 0.315. The third-order valence-electron chi connectivity index (χ3n) is 2.16. The lowest BCUT2D eigenvalue weighted by Gasteiger charge is -2.36.